The summed E-state index contributed by atoms with van der Waals surface area (Å²) in [5.41, 5.74) is 2.62. The van der Waals surface area contributed by atoms with E-state index in [1.165, 1.54) is 22.9 Å². The summed E-state index contributed by atoms with van der Waals surface area (Å²) in [6, 6.07) is 6.15. The van der Waals surface area contributed by atoms with E-state index in [1.807, 2.05) is 12.1 Å². The SMILES string of the molecule is ClC(Cl)(Cl)Sc1cccc2c1CNCC2. The molecule has 0 saturated carbocycles. The summed E-state index contributed by atoms with van der Waals surface area (Å²) in [5.74, 6) is 0. The van der Waals surface area contributed by atoms with Crippen LogP contribution in [0.15, 0.2) is 23.1 Å². The number of thioether (sulfide) groups is 1. The minimum atomic E-state index is -1.29. The molecule has 0 saturated heterocycles. The maximum absolute atomic E-state index is 5.78. The van der Waals surface area contributed by atoms with Gasteiger partial charge in [0.1, 0.15) is 0 Å². The normalized spacial score (nSPS) is 16.2. The van der Waals surface area contributed by atoms with Gasteiger partial charge in [-0.1, -0.05) is 58.7 Å². The molecule has 1 aliphatic rings. The molecule has 0 aliphatic carbocycles. The Morgan fingerprint density at radius 2 is 2.07 bits per heavy atom. The van der Waals surface area contributed by atoms with E-state index in [-0.39, 0.29) is 0 Å². The third-order valence-electron chi connectivity index (χ3n) is 2.33. The fraction of sp³-hybridized carbons (Fsp3) is 0.400. The second-order valence-electron chi connectivity index (χ2n) is 3.37. The Morgan fingerprint density at radius 3 is 2.80 bits per heavy atom. The number of hydrogen-bond donors (Lipinski definition) is 1. The van der Waals surface area contributed by atoms with E-state index in [9.17, 15) is 0 Å². The molecule has 2 rings (SSSR count). The highest BCUT2D eigenvalue weighted by atomic mass is 35.6. The maximum atomic E-state index is 5.78. The lowest BCUT2D eigenvalue weighted by atomic mass is 10.0. The van der Waals surface area contributed by atoms with Crippen LogP contribution in [0.2, 0.25) is 0 Å². The van der Waals surface area contributed by atoms with Crippen molar-refractivity contribution in [2.75, 3.05) is 6.54 Å². The van der Waals surface area contributed by atoms with Crippen molar-refractivity contribution in [1.29, 1.82) is 0 Å². The highest BCUT2D eigenvalue weighted by molar-refractivity contribution is 8.04. The molecule has 0 spiro atoms. The fourth-order valence-electron chi connectivity index (χ4n) is 1.70. The Morgan fingerprint density at radius 1 is 1.27 bits per heavy atom. The highest BCUT2D eigenvalue weighted by Gasteiger charge is 2.24. The highest BCUT2D eigenvalue weighted by Crippen LogP contribution is 2.45. The summed E-state index contributed by atoms with van der Waals surface area (Å²) < 4.78 is -1.29. The zero-order valence-electron chi connectivity index (χ0n) is 7.90. The van der Waals surface area contributed by atoms with Gasteiger partial charge in [-0.25, -0.2) is 0 Å². The molecule has 1 aromatic rings. The molecule has 0 bridgehead atoms. The Balaban J connectivity index is 2.31. The first kappa shape index (κ1) is 11.9. The molecule has 1 nitrogen and oxygen atoms in total. The predicted octanol–water partition coefficient (Wildman–Crippen LogP) is 3.75. The number of nitrogens with one attached hydrogen (secondary N) is 1. The van der Waals surface area contributed by atoms with Crippen LogP contribution < -0.4 is 5.32 Å². The van der Waals surface area contributed by atoms with Crippen molar-refractivity contribution in [1.82, 2.24) is 5.32 Å². The molecular weight excluding hydrogens is 273 g/mol. The summed E-state index contributed by atoms with van der Waals surface area (Å²) in [6.45, 7) is 1.88. The van der Waals surface area contributed by atoms with Crippen LogP contribution in [0.1, 0.15) is 11.1 Å². The number of halogens is 3. The van der Waals surface area contributed by atoms with Gasteiger partial charge in [0.15, 0.2) is 0 Å². The molecule has 0 radical (unpaired) electrons. The Labute approximate surface area is 108 Å². The lowest BCUT2D eigenvalue weighted by Crippen LogP contribution is -2.24. The Kier molecular flexibility index (Phi) is 3.74. The van der Waals surface area contributed by atoms with Gasteiger partial charge in [-0.3, -0.25) is 0 Å². The molecule has 1 N–H and O–H groups in total. The van der Waals surface area contributed by atoms with Crippen LogP contribution in [0.3, 0.4) is 0 Å². The van der Waals surface area contributed by atoms with Gasteiger partial charge in [0, 0.05) is 11.4 Å². The monoisotopic (exact) mass is 281 g/mol. The third kappa shape index (κ3) is 3.18. The second kappa shape index (κ2) is 4.72. The molecule has 1 aliphatic heterocycles. The third-order valence-corrected chi connectivity index (χ3v) is 3.86. The minimum absolute atomic E-state index is 0.860. The summed E-state index contributed by atoms with van der Waals surface area (Å²) in [6.07, 6.45) is 1.05. The standard InChI is InChI=1S/C10H10Cl3NS/c11-10(12,13)15-9-3-1-2-7-4-5-14-6-8(7)9/h1-3,14H,4-6H2. The van der Waals surface area contributed by atoms with Crippen molar-refractivity contribution >= 4 is 46.6 Å². The topological polar surface area (TPSA) is 12.0 Å². The molecule has 1 heterocycles. The predicted molar refractivity (Wildman–Crippen MR) is 68.0 cm³/mol. The van der Waals surface area contributed by atoms with Crippen LogP contribution in [0.25, 0.3) is 0 Å². The van der Waals surface area contributed by atoms with Gasteiger partial charge in [-0.2, -0.15) is 0 Å². The van der Waals surface area contributed by atoms with Crippen molar-refractivity contribution < 1.29 is 0 Å². The first-order valence-corrected chi connectivity index (χ1v) is 6.58. The van der Waals surface area contributed by atoms with Crippen LogP contribution in [-0.4, -0.2) is 9.67 Å². The molecule has 0 amide bonds. The van der Waals surface area contributed by atoms with Gasteiger partial charge in [-0.05, 0) is 30.2 Å². The summed E-state index contributed by atoms with van der Waals surface area (Å²) in [5, 5.41) is 3.32. The van der Waals surface area contributed by atoms with E-state index in [2.05, 4.69) is 11.4 Å². The number of hydrogen-bond acceptors (Lipinski definition) is 2. The molecule has 5 heteroatoms. The average Bonchev–Trinajstić information content (AvgIpc) is 2.16. The smallest absolute Gasteiger partial charge is 0.241 e. The molecular formula is C10H10Cl3NS. The minimum Gasteiger partial charge on any atom is -0.312 e. The first-order valence-electron chi connectivity index (χ1n) is 4.63. The van der Waals surface area contributed by atoms with Crippen molar-refractivity contribution in [3.05, 3.63) is 29.3 Å². The average molecular weight is 283 g/mol. The van der Waals surface area contributed by atoms with E-state index in [0.29, 0.717) is 0 Å². The lowest BCUT2D eigenvalue weighted by molar-refractivity contribution is 0.634. The zero-order chi connectivity index (χ0) is 10.9. The quantitative estimate of drug-likeness (QED) is 0.622. The van der Waals surface area contributed by atoms with Crippen molar-refractivity contribution in [3.8, 4) is 0 Å². The van der Waals surface area contributed by atoms with Crippen molar-refractivity contribution in [2.24, 2.45) is 0 Å². The molecule has 82 valence electrons. The van der Waals surface area contributed by atoms with E-state index >= 15 is 0 Å². The summed E-state index contributed by atoms with van der Waals surface area (Å²) >= 11 is 18.6. The molecule has 0 fully saturated rings. The first-order chi connectivity index (χ1) is 7.06. The van der Waals surface area contributed by atoms with Gasteiger partial charge >= 0.3 is 0 Å². The van der Waals surface area contributed by atoms with E-state index in [4.69, 9.17) is 34.8 Å². The fourth-order valence-corrected chi connectivity index (χ4v) is 3.17. The second-order valence-corrected chi connectivity index (χ2v) is 7.58. The van der Waals surface area contributed by atoms with E-state index < -0.39 is 3.12 Å². The van der Waals surface area contributed by atoms with Gasteiger partial charge < -0.3 is 5.32 Å². The zero-order valence-corrected chi connectivity index (χ0v) is 11.0. The van der Waals surface area contributed by atoms with Crippen LogP contribution in [0.5, 0.6) is 0 Å². The summed E-state index contributed by atoms with van der Waals surface area (Å²) in [4.78, 5) is 1.06. The lowest BCUT2D eigenvalue weighted by Gasteiger charge is -2.21. The van der Waals surface area contributed by atoms with Crippen molar-refractivity contribution in [2.45, 2.75) is 21.0 Å². The van der Waals surface area contributed by atoms with Gasteiger partial charge in [0.25, 0.3) is 0 Å². The Hall–Kier alpha value is 0.400. The van der Waals surface area contributed by atoms with Gasteiger partial charge in [-0.15, -0.1) is 0 Å². The molecule has 1 aromatic carbocycles. The van der Waals surface area contributed by atoms with Gasteiger partial charge in [0.2, 0.25) is 3.12 Å². The number of benzene rings is 1. The van der Waals surface area contributed by atoms with E-state index in [1.54, 1.807) is 0 Å². The van der Waals surface area contributed by atoms with Crippen LogP contribution in [0, 0.1) is 0 Å². The van der Waals surface area contributed by atoms with Gasteiger partial charge in [0.05, 0.1) is 0 Å². The molecule has 15 heavy (non-hydrogen) atoms. The van der Waals surface area contributed by atoms with Crippen LogP contribution in [-0.2, 0) is 13.0 Å². The van der Waals surface area contributed by atoms with E-state index in [0.717, 1.165) is 24.4 Å². The largest absolute Gasteiger partial charge is 0.312 e. The molecule has 0 atom stereocenters. The number of alkyl halides is 3. The van der Waals surface area contributed by atoms with Crippen molar-refractivity contribution in [3.63, 3.8) is 0 Å². The number of rotatable bonds is 1. The number of fused-ring (bicyclic) bond motifs is 1. The Bertz CT molecular complexity index is 362. The maximum Gasteiger partial charge on any atom is 0.241 e. The van der Waals surface area contributed by atoms with Crippen LogP contribution in [0.4, 0.5) is 0 Å². The molecule has 0 aromatic heterocycles. The molecule has 0 unspecified atom stereocenters. The van der Waals surface area contributed by atoms with Crippen LogP contribution >= 0.6 is 46.6 Å². The summed E-state index contributed by atoms with van der Waals surface area (Å²) in [7, 11) is 0.